The van der Waals surface area contributed by atoms with Crippen LogP contribution in [0.15, 0.2) is 33.9 Å². The van der Waals surface area contributed by atoms with Gasteiger partial charge in [0.2, 0.25) is 0 Å². The fourth-order valence-corrected chi connectivity index (χ4v) is 4.98. The molecule has 1 aromatic carbocycles. The van der Waals surface area contributed by atoms with Crippen molar-refractivity contribution in [3.63, 3.8) is 0 Å². The lowest BCUT2D eigenvalue weighted by Crippen LogP contribution is -2.19. The van der Waals surface area contributed by atoms with Crippen LogP contribution < -0.4 is 10.1 Å². The van der Waals surface area contributed by atoms with Crippen LogP contribution in [0, 0.1) is 5.82 Å². The molecule has 5 heteroatoms. The molecule has 1 aliphatic heterocycles. The molecule has 2 nitrogen and oxygen atoms in total. The number of thiophene rings is 1. The minimum Gasteiger partial charge on any atom is -0.497 e. The number of anilines is 1. The summed E-state index contributed by atoms with van der Waals surface area (Å²) in [6.45, 7) is 2.21. The summed E-state index contributed by atoms with van der Waals surface area (Å²) in [5.41, 5.74) is 1.78. The van der Waals surface area contributed by atoms with Crippen LogP contribution in [-0.2, 0) is 0 Å². The van der Waals surface area contributed by atoms with Gasteiger partial charge in [-0.2, -0.15) is 0 Å². The number of methoxy groups -OCH3 is 1. The maximum absolute atomic E-state index is 13.9. The van der Waals surface area contributed by atoms with Crippen molar-refractivity contribution >= 4 is 28.8 Å². The van der Waals surface area contributed by atoms with Crippen LogP contribution in [0.25, 0.3) is 0 Å². The number of hydrogen-bond acceptors (Lipinski definition) is 4. The largest absolute Gasteiger partial charge is 0.497 e. The van der Waals surface area contributed by atoms with Gasteiger partial charge in [-0.05, 0) is 35.6 Å². The number of nitrogens with one attached hydrogen (secondary N) is 1. The Balaban J connectivity index is 1.89. The van der Waals surface area contributed by atoms with Crippen molar-refractivity contribution in [3.05, 3.63) is 41.0 Å². The quantitative estimate of drug-likeness (QED) is 0.868. The van der Waals surface area contributed by atoms with Crippen molar-refractivity contribution in [3.8, 4) is 5.75 Å². The van der Waals surface area contributed by atoms with Crippen molar-refractivity contribution in [2.75, 3.05) is 12.4 Å². The summed E-state index contributed by atoms with van der Waals surface area (Å²) in [6, 6.07) is 7.09. The highest BCUT2D eigenvalue weighted by atomic mass is 32.2. The van der Waals surface area contributed by atoms with Gasteiger partial charge < -0.3 is 10.1 Å². The Hall–Kier alpha value is -1.20. The minimum absolute atomic E-state index is 0.161. The van der Waals surface area contributed by atoms with E-state index >= 15 is 0 Å². The monoisotopic (exact) mass is 309 g/mol. The molecule has 0 aliphatic carbocycles. The summed E-state index contributed by atoms with van der Waals surface area (Å²) in [5, 5.41) is 5.97. The van der Waals surface area contributed by atoms with Gasteiger partial charge in [-0.15, -0.1) is 23.1 Å². The molecule has 2 heterocycles. The van der Waals surface area contributed by atoms with Crippen LogP contribution in [0.1, 0.15) is 24.9 Å². The van der Waals surface area contributed by atoms with Crippen LogP contribution in [0.2, 0.25) is 0 Å². The highest BCUT2D eigenvalue weighted by Crippen LogP contribution is 2.45. The maximum atomic E-state index is 13.9. The summed E-state index contributed by atoms with van der Waals surface area (Å²) in [7, 11) is 1.59. The van der Waals surface area contributed by atoms with Gasteiger partial charge in [-0.3, -0.25) is 0 Å². The minimum atomic E-state index is -0.242. The molecule has 3 rings (SSSR count). The third-order valence-electron chi connectivity index (χ3n) is 3.41. The summed E-state index contributed by atoms with van der Waals surface area (Å²) in [4.78, 5) is 0. The molecule has 1 aromatic heterocycles. The normalized spacial score (nSPS) is 21.4. The first kappa shape index (κ1) is 13.8. The van der Waals surface area contributed by atoms with Gasteiger partial charge in [0, 0.05) is 11.3 Å². The first-order valence-corrected chi connectivity index (χ1v) is 8.27. The summed E-state index contributed by atoms with van der Waals surface area (Å²) < 4.78 is 20.4. The molecule has 0 amide bonds. The molecule has 0 saturated heterocycles. The zero-order valence-corrected chi connectivity index (χ0v) is 13.0. The summed E-state index contributed by atoms with van der Waals surface area (Å²) in [5.74, 6) is 0.422. The zero-order chi connectivity index (χ0) is 14.1. The third kappa shape index (κ3) is 2.65. The number of hydrogen-bond donors (Lipinski definition) is 1. The predicted octanol–water partition coefficient (Wildman–Crippen LogP) is 4.93. The Bertz CT molecular complexity index is 614. The van der Waals surface area contributed by atoms with Crippen molar-refractivity contribution in [1.82, 2.24) is 0 Å². The Morgan fingerprint density at radius 1 is 1.35 bits per heavy atom. The second kappa shape index (κ2) is 5.66. The van der Waals surface area contributed by atoms with Gasteiger partial charge in [0.15, 0.2) is 0 Å². The lowest BCUT2D eigenvalue weighted by atomic mass is 10.0. The first-order chi connectivity index (χ1) is 9.67. The lowest BCUT2D eigenvalue weighted by Gasteiger charge is -2.28. The molecule has 20 heavy (non-hydrogen) atoms. The van der Waals surface area contributed by atoms with E-state index in [1.165, 1.54) is 15.8 Å². The van der Waals surface area contributed by atoms with Gasteiger partial charge in [-0.1, -0.05) is 6.92 Å². The average molecular weight is 309 g/mol. The van der Waals surface area contributed by atoms with E-state index in [1.54, 1.807) is 30.6 Å². The van der Waals surface area contributed by atoms with E-state index in [9.17, 15) is 4.39 Å². The number of benzene rings is 1. The van der Waals surface area contributed by atoms with E-state index in [0.29, 0.717) is 16.7 Å². The molecule has 0 bridgehead atoms. The molecule has 1 unspecified atom stereocenters. The Kier molecular flexibility index (Phi) is 3.89. The van der Waals surface area contributed by atoms with E-state index < -0.39 is 0 Å². The molecule has 106 valence electrons. The second-order valence-electron chi connectivity index (χ2n) is 4.87. The SMILES string of the molecule is COc1ccc(F)c(NC2C[C@H](C)Sc3sccc32)c1. The maximum Gasteiger partial charge on any atom is 0.146 e. The van der Waals surface area contributed by atoms with Gasteiger partial charge in [0.05, 0.1) is 23.0 Å². The van der Waals surface area contributed by atoms with Crippen LogP contribution in [-0.4, -0.2) is 12.4 Å². The van der Waals surface area contributed by atoms with Gasteiger partial charge in [0.25, 0.3) is 0 Å². The zero-order valence-electron chi connectivity index (χ0n) is 11.4. The van der Waals surface area contributed by atoms with E-state index in [-0.39, 0.29) is 11.9 Å². The molecule has 0 spiro atoms. The number of thioether (sulfide) groups is 1. The van der Waals surface area contributed by atoms with Crippen LogP contribution in [0.5, 0.6) is 5.75 Å². The fraction of sp³-hybridized carbons (Fsp3) is 0.333. The molecule has 0 saturated carbocycles. The summed E-state index contributed by atoms with van der Waals surface area (Å²) in [6.07, 6.45) is 0.991. The van der Waals surface area contributed by atoms with E-state index in [0.717, 1.165) is 6.42 Å². The smallest absolute Gasteiger partial charge is 0.146 e. The molecule has 1 N–H and O–H groups in total. The summed E-state index contributed by atoms with van der Waals surface area (Å²) >= 11 is 3.66. The lowest BCUT2D eigenvalue weighted by molar-refractivity contribution is 0.414. The molecular weight excluding hydrogens is 293 g/mol. The standard InChI is InChI=1S/C15H16FNOS2/c1-9-7-13(11-5-6-19-15(11)20-9)17-14-8-10(18-2)3-4-12(14)16/h3-6,8-9,13,17H,7H2,1-2H3/t9-,13?/m0/s1. The van der Waals surface area contributed by atoms with Crippen LogP contribution in [0.4, 0.5) is 10.1 Å². The van der Waals surface area contributed by atoms with Crippen molar-refractivity contribution in [1.29, 1.82) is 0 Å². The molecule has 0 radical (unpaired) electrons. The Morgan fingerprint density at radius 2 is 2.20 bits per heavy atom. The Labute approximate surface area is 126 Å². The topological polar surface area (TPSA) is 21.3 Å². The van der Waals surface area contributed by atoms with Gasteiger partial charge >= 0.3 is 0 Å². The van der Waals surface area contributed by atoms with Crippen molar-refractivity contribution in [2.45, 2.75) is 28.8 Å². The van der Waals surface area contributed by atoms with E-state index in [1.807, 2.05) is 11.8 Å². The van der Waals surface area contributed by atoms with Gasteiger partial charge in [-0.25, -0.2) is 4.39 Å². The first-order valence-electron chi connectivity index (χ1n) is 6.51. The highest BCUT2D eigenvalue weighted by Gasteiger charge is 2.26. The molecule has 2 aromatic rings. The third-order valence-corrected chi connectivity index (χ3v) is 5.76. The van der Waals surface area contributed by atoms with Crippen molar-refractivity contribution in [2.24, 2.45) is 0 Å². The molecule has 0 fully saturated rings. The molecule has 1 aliphatic rings. The molecular formula is C15H16FNOS2. The average Bonchev–Trinajstić information content (AvgIpc) is 2.89. The van der Waals surface area contributed by atoms with E-state index in [4.69, 9.17) is 4.74 Å². The number of ether oxygens (including phenoxy) is 1. The highest BCUT2D eigenvalue weighted by molar-refractivity contribution is 8.01. The Morgan fingerprint density at radius 3 is 3.00 bits per heavy atom. The number of rotatable bonds is 3. The predicted molar refractivity (Wildman–Crippen MR) is 83.6 cm³/mol. The van der Waals surface area contributed by atoms with Gasteiger partial charge in [0.1, 0.15) is 11.6 Å². The van der Waals surface area contributed by atoms with Crippen LogP contribution in [0.3, 0.4) is 0 Å². The molecule has 2 atom stereocenters. The van der Waals surface area contributed by atoms with Crippen molar-refractivity contribution < 1.29 is 9.13 Å². The fourth-order valence-electron chi connectivity index (χ4n) is 2.42. The second-order valence-corrected chi connectivity index (χ2v) is 7.49. The van der Waals surface area contributed by atoms with Crippen LogP contribution >= 0.6 is 23.1 Å². The van der Waals surface area contributed by atoms with E-state index in [2.05, 4.69) is 23.7 Å². The number of halogens is 1. The number of fused-ring (bicyclic) bond motifs is 1.